The lowest BCUT2D eigenvalue weighted by molar-refractivity contribution is -0.127. The van der Waals surface area contributed by atoms with E-state index in [0.717, 1.165) is 6.42 Å². The molecule has 0 bridgehead atoms. The van der Waals surface area contributed by atoms with Crippen molar-refractivity contribution in [3.8, 4) is 11.5 Å². The molecule has 1 aliphatic rings. The van der Waals surface area contributed by atoms with Crippen molar-refractivity contribution in [1.29, 1.82) is 0 Å². The van der Waals surface area contributed by atoms with Crippen LogP contribution >= 0.6 is 11.6 Å². The molecule has 8 heteroatoms. The van der Waals surface area contributed by atoms with Crippen LogP contribution in [0.3, 0.4) is 0 Å². The number of nitrogens with one attached hydrogen (secondary N) is 2. The van der Waals surface area contributed by atoms with Crippen molar-refractivity contribution in [3.63, 3.8) is 0 Å². The molecule has 0 saturated carbocycles. The highest BCUT2D eigenvalue weighted by Crippen LogP contribution is 2.38. The first-order valence-corrected chi connectivity index (χ1v) is 10.1. The predicted octanol–water partition coefficient (Wildman–Crippen LogP) is 5.15. The third kappa shape index (κ3) is 4.62. The minimum Gasteiger partial charge on any atom is -0.495 e. The number of carbonyl (C=O) groups excluding carboxylic acids is 2. The fraction of sp³-hybridized carbons (Fsp3) is 0.364. The fourth-order valence-corrected chi connectivity index (χ4v) is 3.41. The van der Waals surface area contributed by atoms with Gasteiger partial charge in [-0.1, -0.05) is 18.5 Å². The van der Waals surface area contributed by atoms with E-state index in [4.69, 9.17) is 21.1 Å². The SMILES string of the molecule is CCCN1C(=O)C(C)(C)COc2cc(NC(=O)Nc3cc(Cl)ccc3OC)ccc21. The maximum atomic E-state index is 12.9. The maximum Gasteiger partial charge on any atom is 0.323 e. The van der Waals surface area contributed by atoms with E-state index in [1.54, 1.807) is 41.3 Å². The molecule has 30 heavy (non-hydrogen) atoms. The highest BCUT2D eigenvalue weighted by molar-refractivity contribution is 6.31. The molecule has 0 spiro atoms. The van der Waals surface area contributed by atoms with Gasteiger partial charge in [0.2, 0.25) is 5.91 Å². The highest BCUT2D eigenvalue weighted by atomic mass is 35.5. The zero-order valence-corrected chi connectivity index (χ0v) is 18.3. The van der Waals surface area contributed by atoms with Gasteiger partial charge in [-0.3, -0.25) is 4.79 Å². The van der Waals surface area contributed by atoms with Crippen LogP contribution in [-0.4, -0.2) is 32.2 Å². The van der Waals surface area contributed by atoms with Gasteiger partial charge in [0, 0.05) is 23.3 Å². The van der Waals surface area contributed by atoms with Crippen LogP contribution in [0.2, 0.25) is 5.02 Å². The third-order valence-corrected chi connectivity index (χ3v) is 5.01. The molecule has 0 aliphatic carbocycles. The minimum absolute atomic E-state index is 0.0228. The molecule has 0 unspecified atom stereocenters. The summed E-state index contributed by atoms with van der Waals surface area (Å²) in [6.07, 6.45) is 0.825. The van der Waals surface area contributed by atoms with E-state index < -0.39 is 11.4 Å². The number of rotatable bonds is 5. The van der Waals surface area contributed by atoms with Crippen molar-refractivity contribution < 1.29 is 19.1 Å². The molecule has 0 radical (unpaired) electrons. The first kappa shape index (κ1) is 21.8. The molecule has 0 fully saturated rings. The number of urea groups is 1. The molecule has 1 heterocycles. The number of fused-ring (bicyclic) bond motifs is 1. The van der Waals surface area contributed by atoms with Crippen LogP contribution in [0.15, 0.2) is 36.4 Å². The lowest BCUT2D eigenvalue weighted by Crippen LogP contribution is -2.42. The molecule has 0 aromatic heterocycles. The maximum absolute atomic E-state index is 12.9. The Balaban J connectivity index is 1.81. The summed E-state index contributed by atoms with van der Waals surface area (Å²) < 4.78 is 11.2. The van der Waals surface area contributed by atoms with Gasteiger partial charge in [-0.2, -0.15) is 0 Å². The number of benzene rings is 2. The second-order valence-electron chi connectivity index (χ2n) is 7.74. The molecule has 0 saturated heterocycles. The summed E-state index contributed by atoms with van der Waals surface area (Å²) >= 11 is 6.01. The Morgan fingerprint density at radius 1 is 1.23 bits per heavy atom. The van der Waals surface area contributed by atoms with Crippen LogP contribution < -0.4 is 25.0 Å². The van der Waals surface area contributed by atoms with E-state index in [1.165, 1.54) is 7.11 Å². The summed E-state index contributed by atoms with van der Waals surface area (Å²) in [5.41, 5.74) is 1.06. The number of carbonyl (C=O) groups is 2. The van der Waals surface area contributed by atoms with Crippen LogP contribution in [0.4, 0.5) is 21.9 Å². The smallest absolute Gasteiger partial charge is 0.323 e. The molecular formula is C22H26ClN3O4. The van der Waals surface area contributed by atoms with Gasteiger partial charge in [-0.05, 0) is 50.6 Å². The zero-order chi connectivity index (χ0) is 21.9. The third-order valence-electron chi connectivity index (χ3n) is 4.78. The normalized spacial score (nSPS) is 15.0. The van der Waals surface area contributed by atoms with Gasteiger partial charge in [0.05, 0.1) is 23.9 Å². The average Bonchev–Trinajstić information content (AvgIpc) is 2.78. The number of halogens is 1. The number of hydrogen-bond acceptors (Lipinski definition) is 4. The van der Waals surface area contributed by atoms with Gasteiger partial charge >= 0.3 is 6.03 Å². The van der Waals surface area contributed by atoms with Crippen LogP contribution in [0.5, 0.6) is 11.5 Å². The summed E-state index contributed by atoms with van der Waals surface area (Å²) in [5.74, 6) is 1.07. The molecule has 7 nitrogen and oxygen atoms in total. The van der Waals surface area contributed by atoms with Crippen molar-refractivity contribution in [3.05, 3.63) is 41.4 Å². The Kier molecular flexibility index (Phi) is 6.41. The number of methoxy groups -OCH3 is 1. The topological polar surface area (TPSA) is 79.9 Å². The second-order valence-corrected chi connectivity index (χ2v) is 8.17. The van der Waals surface area contributed by atoms with E-state index in [2.05, 4.69) is 10.6 Å². The van der Waals surface area contributed by atoms with Crippen LogP contribution in [0.25, 0.3) is 0 Å². The van der Waals surface area contributed by atoms with Gasteiger partial charge in [0.25, 0.3) is 0 Å². The Labute approximate surface area is 181 Å². The lowest BCUT2D eigenvalue weighted by atomic mass is 9.93. The van der Waals surface area contributed by atoms with Crippen molar-refractivity contribution >= 4 is 40.6 Å². The van der Waals surface area contributed by atoms with Crippen molar-refractivity contribution in [2.75, 3.05) is 35.8 Å². The van der Waals surface area contributed by atoms with Crippen LogP contribution in [0.1, 0.15) is 27.2 Å². The molecule has 1 aliphatic heterocycles. The van der Waals surface area contributed by atoms with Crippen LogP contribution in [-0.2, 0) is 4.79 Å². The summed E-state index contributed by atoms with van der Waals surface area (Å²) in [5, 5.41) is 5.99. The molecule has 160 valence electrons. The molecule has 2 N–H and O–H groups in total. The Hall–Kier alpha value is -2.93. The summed E-state index contributed by atoms with van der Waals surface area (Å²) in [6.45, 7) is 6.62. The summed E-state index contributed by atoms with van der Waals surface area (Å²) in [6, 6.07) is 9.77. The average molecular weight is 432 g/mol. The Morgan fingerprint density at radius 3 is 2.70 bits per heavy atom. The highest BCUT2D eigenvalue weighted by Gasteiger charge is 2.37. The second kappa shape index (κ2) is 8.83. The predicted molar refractivity (Wildman–Crippen MR) is 119 cm³/mol. The summed E-state index contributed by atoms with van der Waals surface area (Å²) in [7, 11) is 1.51. The standard InChI is InChI=1S/C22H26ClN3O4/c1-5-10-26-17-8-7-15(12-19(17)30-13-22(2,3)20(26)27)24-21(28)25-16-11-14(23)6-9-18(16)29-4/h6-9,11-12H,5,10,13H2,1-4H3,(H2,24,25,28). The Bertz CT molecular complexity index is 961. The van der Waals surface area contributed by atoms with Gasteiger partial charge in [0.15, 0.2) is 0 Å². The van der Waals surface area contributed by atoms with Crippen molar-refractivity contribution in [2.45, 2.75) is 27.2 Å². The lowest BCUT2D eigenvalue weighted by Gasteiger charge is -2.27. The van der Waals surface area contributed by atoms with E-state index in [1.807, 2.05) is 20.8 Å². The first-order valence-electron chi connectivity index (χ1n) is 9.75. The van der Waals surface area contributed by atoms with Crippen molar-refractivity contribution in [1.82, 2.24) is 0 Å². The minimum atomic E-state index is -0.637. The van der Waals surface area contributed by atoms with E-state index in [-0.39, 0.29) is 12.5 Å². The van der Waals surface area contributed by atoms with Gasteiger partial charge < -0.3 is 25.0 Å². The number of hydrogen-bond donors (Lipinski definition) is 2. The van der Waals surface area contributed by atoms with Crippen molar-refractivity contribution in [2.24, 2.45) is 5.41 Å². The number of ether oxygens (including phenoxy) is 2. The summed E-state index contributed by atoms with van der Waals surface area (Å²) in [4.78, 5) is 27.2. The monoisotopic (exact) mass is 431 g/mol. The number of anilines is 3. The van der Waals surface area contributed by atoms with Gasteiger partial charge in [0.1, 0.15) is 18.1 Å². The molecule has 2 aromatic carbocycles. The van der Waals surface area contributed by atoms with Gasteiger partial charge in [-0.15, -0.1) is 0 Å². The quantitative estimate of drug-likeness (QED) is 0.685. The van der Waals surface area contributed by atoms with Gasteiger partial charge in [-0.25, -0.2) is 4.79 Å². The molecule has 3 amide bonds. The molecule has 2 aromatic rings. The zero-order valence-electron chi connectivity index (χ0n) is 17.5. The van der Waals surface area contributed by atoms with E-state index >= 15 is 0 Å². The fourth-order valence-electron chi connectivity index (χ4n) is 3.23. The van der Waals surface area contributed by atoms with E-state index in [0.29, 0.717) is 40.1 Å². The molecular weight excluding hydrogens is 406 g/mol. The molecule has 3 rings (SSSR count). The van der Waals surface area contributed by atoms with Crippen LogP contribution in [0, 0.1) is 5.41 Å². The van der Waals surface area contributed by atoms with E-state index in [9.17, 15) is 9.59 Å². The Morgan fingerprint density at radius 2 is 2.00 bits per heavy atom. The first-order chi connectivity index (χ1) is 14.2. The molecule has 0 atom stereocenters. The number of nitrogens with zero attached hydrogens (tertiary/aromatic N) is 1. The number of amides is 3. The largest absolute Gasteiger partial charge is 0.495 e.